The predicted octanol–water partition coefficient (Wildman–Crippen LogP) is 3.49. The third-order valence-corrected chi connectivity index (χ3v) is 7.13. The molecule has 2 amide bonds. The number of anilines is 2. The molecule has 1 aliphatic heterocycles. The summed E-state index contributed by atoms with van der Waals surface area (Å²) in [7, 11) is 1.91. The second-order valence-corrected chi connectivity index (χ2v) is 9.62. The van der Waals surface area contributed by atoms with Crippen molar-refractivity contribution in [3.63, 3.8) is 0 Å². The van der Waals surface area contributed by atoms with Gasteiger partial charge in [-0.05, 0) is 42.2 Å². The molecule has 0 radical (unpaired) electrons. The third kappa shape index (κ3) is 4.50. The van der Waals surface area contributed by atoms with Crippen LogP contribution in [-0.4, -0.2) is 32.9 Å². The van der Waals surface area contributed by atoms with Crippen molar-refractivity contribution in [3.05, 3.63) is 94.8 Å². The molecule has 2 aliphatic rings. The van der Waals surface area contributed by atoms with Crippen molar-refractivity contribution in [1.29, 1.82) is 0 Å². The largest absolute Gasteiger partial charge is 0.368 e. The summed E-state index contributed by atoms with van der Waals surface area (Å²) in [6.07, 6.45) is 3.20. The highest BCUT2D eigenvalue weighted by Crippen LogP contribution is 2.47. The van der Waals surface area contributed by atoms with Crippen LogP contribution in [0.2, 0.25) is 0 Å². The van der Waals surface area contributed by atoms with Gasteiger partial charge in [0.25, 0.3) is 5.91 Å². The van der Waals surface area contributed by atoms with E-state index in [0.29, 0.717) is 29.1 Å². The molecule has 4 N–H and O–H groups in total. The van der Waals surface area contributed by atoms with Crippen LogP contribution in [0.1, 0.15) is 45.1 Å². The molecule has 2 aromatic carbocycles. The monoisotopic (exact) mass is 502 g/mol. The van der Waals surface area contributed by atoms with Gasteiger partial charge in [0.15, 0.2) is 0 Å². The molecular formula is C30H26N6O2. The molecule has 8 nitrogen and oxygen atoms in total. The van der Waals surface area contributed by atoms with Crippen molar-refractivity contribution in [2.75, 3.05) is 17.6 Å². The van der Waals surface area contributed by atoms with E-state index in [1.54, 1.807) is 6.20 Å². The van der Waals surface area contributed by atoms with Crippen LogP contribution in [0.4, 0.5) is 11.6 Å². The number of hydrogen-bond acceptors (Lipinski definition) is 5. The van der Waals surface area contributed by atoms with Crippen molar-refractivity contribution in [3.8, 4) is 23.2 Å². The van der Waals surface area contributed by atoms with Crippen molar-refractivity contribution < 1.29 is 9.59 Å². The van der Waals surface area contributed by atoms with Gasteiger partial charge in [-0.25, -0.2) is 9.97 Å². The SMILES string of the molecule is Cn1c(-c2nc(N)ncc2C#Cc2cccc(NC(=O)[C@@H]3C[C@H]3c3ccccc3)c2)cc2c1CCNC2=O. The van der Waals surface area contributed by atoms with Gasteiger partial charge in [-0.1, -0.05) is 48.2 Å². The number of carbonyl (C=O) groups is 2. The highest BCUT2D eigenvalue weighted by Gasteiger charge is 2.43. The summed E-state index contributed by atoms with van der Waals surface area (Å²) in [5.41, 5.74) is 12.1. The Bertz CT molecular complexity index is 1630. The Morgan fingerprint density at radius 1 is 1.13 bits per heavy atom. The lowest BCUT2D eigenvalue weighted by molar-refractivity contribution is -0.117. The van der Waals surface area contributed by atoms with Crippen LogP contribution in [0.5, 0.6) is 0 Å². The molecule has 3 heterocycles. The number of hydrogen-bond donors (Lipinski definition) is 3. The normalized spacial score (nSPS) is 17.6. The zero-order valence-electron chi connectivity index (χ0n) is 20.9. The van der Waals surface area contributed by atoms with Crippen LogP contribution in [-0.2, 0) is 18.3 Å². The van der Waals surface area contributed by atoms with E-state index in [0.717, 1.165) is 29.8 Å². The first-order valence-electron chi connectivity index (χ1n) is 12.6. The summed E-state index contributed by atoms with van der Waals surface area (Å²) >= 11 is 0. The Kier molecular flexibility index (Phi) is 5.89. The summed E-state index contributed by atoms with van der Waals surface area (Å²) in [5.74, 6) is 6.65. The maximum Gasteiger partial charge on any atom is 0.253 e. The summed E-state index contributed by atoms with van der Waals surface area (Å²) in [6, 6.07) is 19.4. The van der Waals surface area contributed by atoms with Crippen molar-refractivity contribution in [2.45, 2.75) is 18.8 Å². The van der Waals surface area contributed by atoms with E-state index in [9.17, 15) is 9.59 Å². The number of nitrogens with two attached hydrogens (primary N) is 1. The van der Waals surface area contributed by atoms with Crippen LogP contribution < -0.4 is 16.4 Å². The molecule has 2 atom stereocenters. The van der Waals surface area contributed by atoms with E-state index < -0.39 is 0 Å². The average Bonchev–Trinajstić information content (AvgIpc) is 3.67. The number of aromatic nitrogens is 3. The fourth-order valence-electron chi connectivity index (χ4n) is 5.04. The molecule has 38 heavy (non-hydrogen) atoms. The Morgan fingerprint density at radius 2 is 1.97 bits per heavy atom. The topological polar surface area (TPSA) is 115 Å². The molecule has 1 fully saturated rings. The number of rotatable bonds is 4. The summed E-state index contributed by atoms with van der Waals surface area (Å²) < 4.78 is 1.97. The van der Waals surface area contributed by atoms with E-state index in [4.69, 9.17) is 5.73 Å². The molecule has 4 aromatic rings. The van der Waals surface area contributed by atoms with Gasteiger partial charge in [0, 0.05) is 49.1 Å². The Morgan fingerprint density at radius 3 is 2.79 bits per heavy atom. The zero-order chi connectivity index (χ0) is 26.2. The summed E-state index contributed by atoms with van der Waals surface area (Å²) in [4.78, 5) is 33.8. The number of fused-ring (bicyclic) bond motifs is 1. The molecule has 2 aromatic heterocycles. The van der Waals surface area contributed by atoms with Crippen molar-refractivity contribution in [1.82, 2.24) is 19.9 Å². The average molecular weight is 503 g/mol. The van der Waals surface area contributed by atoms with E-state index in [2.05, 4.69) is 44.6 Å². The maximum atomic E-state index is 12.8. The predicted molar refractivity (Wildman–Crippen MR) is 145 cm³/mol. The third-order valence-electron chi connectivity index (χ3n) is 7.13. The fourth-order valence-corrected chi connectivity index (χ4v) is 5.04. The standard InChI is InChI=1S/C30H26N6O2/c1-36-25-12-13-32-28(37)24(25)16-26(36)27-20(17-33-30(31)35-27)11-10-18-6-5-9-21(14-18)34-29(38)23-15-22(23)19-7-3-2-4-8-19/h2-9,14,16-17,22-23H,12-13,15H2,1H3,(H,32,37)(H,34,38)(H2,31,33,35)/t22-,23+/m0/s1. The van der Waals surface area contributed by atoms with Crippen LogP contribution in [0.3, 0.4) is 0 Å². The summed E-state index contributed by atoms with van der Waals surface area (Å²) in [6.45, 7) is 0.599. The number of nitrogens with one attached hydrogen (secondary N) is 2. The molecule has 1 saturated carbocycles. The number of nitrogens with zero attached hydrogens (tertiary/aromatic N) is 3. The van der Waals surface area contributed by atoms with Crippen LogP contribution in [0.15, 0.2) is 66.9 Å². The molecular weight excluding hydrogens is 476 g/mol. The zero-order valence-corrected chi connectivity index (χ0v) is 20.9. The molecule has 0 spiro atoms. The van der Waals surface area contributed by atoms with E-state index in [1.807, 2.05) is 60.1 Å². The first-order chi connectivity index (χ1) is 18.5. The summed E-state index contributed by atoms with van der Waals surface area (Å²) in [5, 5.41) is 5.91. The Labute approximate surface area is 220 Å². The van der Waals surface area contributed by atoms with Gasteiger partial charge in [-0.15, -0.1) is 0 Å². The van der Waals surface area contributed by atoms with Crippen LogP contribution in [0, 0.1) is 17.8 Å². The molecule has 6 rings (SSSR count). The van der Waals surface area contributed by atoms with Crippen molar-refractivity contribution >= 4 is 23.5 Å². The molecule has 8 heteroatoms. The van der Waals surface area contributed by atoms with Gasteiger partial charge < -0.3 is 20.9 Å². The van der Waals surface area contributed by atoms with Gasteiger partial charge in [0.05, 0.1) is 16.8 Å². The second kappa shape index (κ2) is 9.52. The highest BCUT2D eigenvalue weighted by molar-refractivity contribution is 5.98. The number of nitrogen functional groups attached to an aromatic ring is 1. The number of carbonyl (C=O) groups excluding carboxylic acids is 2. The first-order valence-corrected chi connectivity index (χ1v) is 12.6. The number of amides is 2. The van der Waals surface area contributed by atoms with E-state index in [-0.39, 0.29) is 29.6 Å². The molecule has 0 saturated heterocycles. The smallest absolute Gasteiger partial charge is 0.253 e. The van der Waals surface area contributed by atoms with Crippen LogP contribution in [0.25, 0.3) is 11.4 Å². The lowest BCUT2D eigenvalue weighted by Crippen LogP contribution is -2.31. The van der Waals surface area contributed by atoms with Gasteiger partial charge in [-0.2, -0.15) is 0 Å². The van der Waals surface area contributed by atoms with Gasteiger partial charge in [-0.3, -0.25) is 9.59 Å². The minimum atomic E-state index is -0.0945. The van der Waals surface area contributed by atoms with Gasteiger partial charge in [0.1, 0.15) is 5.69 Å². The van der Waals surface area contributed by atoms with E-state index >= 15 is 0 Å². The quantitative estimate of drug-likeness (QED) is 0.370. The van der Waals surface area contributed by atoms with E-state index in [1.165, 1.54) is 5.56 Å². The Hall–Kier alpha value is -4.90. The molecule has 0 bridgehead atoms. The van der Waals surface area contributed by atoms with Crippen molar-refractivity contribution in [2.24, 2.45) is 13.0 Å². The van der Waals surface area contributed by atoms with Crippen LogP contribution >= 0.6 is 0 Å². The first kappa shape index (κ1) is 23.5. The lowest BCUT2D eigenvalue weighted by atomic mass is 10.1. The van der Waals surface area contributed by atoms with Gasteiger partial charge >= 0.3 is 0 Å². The maximum absolute atomic E-state index is 12.8. The number of benzene rings is 2. The Balaban J connectivity index is 1.24. The molecule has 1 aliphatic carbocycles. The minimum absolute atomic E-state index is 0.0141. The van der Waals surface area contributed by atoms with Gasteiger partial charge in [0.2, 0.25) is 11.9 Å². The second-order valence-electron chi connectivity index (χ2n) is 9.62. The molecule has 0 unspecified atom stereocenters. The fraction of sp³-hybridized carbons (Fsp3) is 0.200. The molecule has 188 valence electrons. The minimum Gasteiger partial charge on any atom is -0.368 e. The lowest BCUT2D eigenvalue weighted by Gasteiger charge is -2.14. The highest BCUT2D eigenvalue weighted by atomic mass is 16.2.